The molecule has 0 aliphatic carbocycles. The molecule has 98 valence electrons. The topological polar surface area (TPSA) is 64.3 Å². The van der Waals surface area contributed by atoms with Crippen LogP contribution >= 0.6 is 23.6 Å². The van der Waals surface area contributed by atoms with E-state index in [1.54, 1.807) is 30.3 Å². The highest BCUT2D eigenvalue weighted by Gasteiger charge is 2.06. The summed E-state index contributed by atoms with van der Waals surface area (Å²) in [5.41, 5.74) is 6.05. The van der Waals surface area contributed by atoms with Gasteiger partial charge in [0.05, 0.1) is 4.88 Å². The van der Waals surface area contributed by atoms with E-state index in [0.717, 1.165) is 0 Å². The van der Waals surface area contributed by atoms with Gasteiger partial charge in [-0.1, -0.05) is 18.3 Å². The van der Waals surface area contributed by atoms with Crippen molar-refractivity contribution < 1.29 is 9.53 Å². The standard InChI is InChI=1S/C13H12N2O2S2/c14-12(18)8-17-10-5-3-9(4-6-10)15-13(16)11-2-1-7-19-11/h1-7H,8H2,(H2,14,18)(H,15,16). The van der Waals surface area contributed by atoms with E-state index in [1.165, 1.54) is 11.3 Å². The average molecular weight is 292 g/mol. The summed E-state index contributed by atoms with van der Waals surface area (Å²) in [5.74, 6) is 0.536. The van der Waals surface area contributed by atoms with Crippen molar-refractivity contribution in [2.75, 3.05) is 11.9 Å². The van der Waals surface area contributed by atoms with E-state index in [1.807, 2.05) is 11.4 Å². The lowest BCUT2D eigenvalue weighted by atomic mass is 10.3. The molecule has 0 spiro atoms. The molecule has 2 rings (SSSR count). The SMILES string of the molecule is NC(=S)COc1ccc(NC(=O)c2cccs2)cc1. The van der Waals surface area contributed by atoms with Crippen LogP contribution in [0.5, 0.6) is 5.75 Å². The highest BCUT2D eigenvalue weighted by Crippen LogP contribution is 2.17. The van der Waals surface area contributed by atoms with E-state index in [2.05, 4.69) is 5.32 Å². The Hall–Kier alpha value is -1.92. The van der Waals surface area contributed by atoms with Crippen molar-refractivity contribution in [1.82, 2.24) is 0 Å². The van der Waals surface area contributed by atoms with Crippen molar-refractivity contribution in [2.45, 2.75) is 0 Å². The van der Waals surface area contributed by atoms with Crippen LogP contribution in [0.15, 0.2) is 41.8 Å². The lowest BCUT2D eigenvalue weighted by Crippen LogP contribution is -2.17. The number of carbonyl (C=O) groups excluding carboxylic acids is 1. The fraction of sp³-hybridized carbons (Fsp3) is 0.0769. The average Bonchev–Trinajstić information content (AvgIpc) is 2.92. The van der Waals surface area contributed by atoms with Gasteiger partial charge in [-0.15, -0.1) is 11.3 Å². The van der Waals surface area contributed by atoms with Gasteiger partial charge in [0.25, 0.3) is 5.91 Å². The third-order valence-electron chi connectivity index (χ3n) is 2.24. The fourth-order valence-electron chi connectivity index (χ4n) is 1.39. The maximum absolute atomic E-state index is 11.8. The minimum Gasteiger partial charge on any atom is -0.487 e. The zero-order valence-corrected chi connectivity index (χ0v) is 11.6. The van der Waals surface area contributed by atoms with Gasteiger partial charge in [0.1, 0.15) is 17.3 Å². The zero-order chi connectivity index (χ0) is 13.7. The molecule has 1 amide bonds. The normalized spacial score (nSPS) is 9.89. The van der Waals surface area contributed by atoms with Crippen molar-refractivity contribution in [3.05, 3.63) is 46.7 Å². The number of thiophene rings is 1. The number of hydrogen-bond donors (Lipinski definition) is 2. The number of ether oxygens (including phenoxy) is 1. The van der Waals surface area contributed by atoms with Crippen molar-refractivity contribution >= 4 is 40.1 Å². The van der Waals surface area contributed by atoms with Gasteiger partial charge in [-0.3, -0.25) is 4.79 Å². The van der Waals surface area contributed by atoms with Gasteiger partial charge in [0, 0.05) is 5.69 Å². The fourth-order valence-corrected chi connectivity index (χ4v) is 2.07. The van der Waals surface area contributed by atoms with E-state index in [9.17, 15) is 4.79 Å². The summed E-state index contributed by atoms with van der Waals surface area (Å²) in [6.45, 7) is 0.205. The summed E-state index contributed by atoms with van der Waals surface area (Å²) < 4.78 is 5.32. The van der Waals surface area contributed by atoms with Gasteiger partial charge in [-0.2, -0.15) is 0 Å². The molecule has 0 unspecified atom stereocenters. The van der Waals surface area contributed by atoms with E-state index in [0.29, 0.717) is 21.3 Å². The minimum atomic E-state index is -0.119. The number of anilines is 1. The molecule has 3 N–H and O–H groups in total. The van der Waals surface area contributed by atoms with Gasteiger partial charge >= 0.3 is 0 Å². The summed E-state index contributed by atoms with van der Waals surface area (Å²) >= 11 is 6.12. The van der Waals surface area contributed by atoms with E-state index < -0.39 is 0 Å². The highest BCUT2D eigenvalue weighted by molar-refractivity contribution is 7.80. The molecular weight excluding hydrogens is 280 g/mol. The first kappa shape index (κ1) is 13.5. The maximum atomic E-state index is 11.8. The number of hydrogen-bond acceptors (Lipinski definition) is 4. The highest BCUT2D eigenvalue weighted by atomic mass is 32.1. The number of carbonyl (C=O) groups is 1. The first-order chi connectivity index (χ1) is 9.15. The van der Waals surface area contributed by atoms with Crippen molar-refractivity contribution in [2.24, 2.45) is 5.73 Å². The lowest BCUT2D eigenvalue weighted by Gasteiger charge is -2.07. The van der Waals surface area contributed by atoms with Crippen molar-refractivity contribution in [1.29, 1.82) is 0 Å². The Labute approximate surface area is 120 Å². The van der Waals surface area contributed by atoms with Crippen LogP contribution in [0, 0.1) is 0 Å². The molecule has 0 radical (unpaired) electrons. The quantitative estimate of drug-likeness (QED) is 0.832. The van der Waals surface area contributed by atoms with Crippen LogP contribution in [0.2, 0.25) is 0 Å². The Bertz CT molecular complexity index is 565. The van der Waals surface area contributed by atoms with Crippen LogP contribution in [0.3, 0.4) is 0 Å². The summed E-state index contributed by atoms with van der Waals surface area (Å²) in [7, 11) is 0. The monoisotopic (exact) mass is 292 g/mol. The Morgan fingerprint density at radius 3 is 2.63 bits per heavy atom. The van der Waals surface area contributed by atoms with E-state index in [-0.39, 0.29) is 12.5 Å². The molecule has 0 aliphatic rings. The Morgan fingerprint density at radius 1 is 1.32 bits per heavy atom. The van der Waals surface area contributed by atoms with Crippen LogP contribution in [-0.4, -0.2) is 17.5 Å². The third-order valence-corrected chi connectivity index (χ3v) is 3.22. The molecular formula is C13H12N2O2S2. The summed E-state index contributed by atoms with van der Waals surface area (Å²) in [6.07, 6.45) is 0. The molecule has 19 heavy (non-hydrogen) atoms. The Morgan fingerprint density at radius 2 is 2.05 bits per heavy atom. The zero-order valence-electron chi connectivity index (χ0n) is 9.96. The largest absolute Gasteiger partial charge is 0.487 e. The van der Waals surface area contributed by atoms with Gasteiger partial charge in [-0.25, -0.2) is 0 Å². The molecule has 0 saturated heterocycles. The number of thiocarbonyl (C=S) groups is 1. The predicted octanol–water partition coefficient (Wildman–Crippen LogP) is 2.67. The second-order valence-corrected chi connectivity index (χ2v) is 5.18. The molecule has 0 atom stereocenters. The molecule has 1 aromatic heterocycles. The number of nitrogens with two attached hydrogens (primary N) is 1. The molecule has 0 fully saturated rings. The molecule has 4 nitrogen and oxygen atoms in total. The van der Waals surface area contributed by atoms with Gasteiger partial charge < -0.3 is 15.8 Å². The van der Waals surface area contributed by atoms with Gasteiger partial charge in [0.15, 0.2) is 0 Å². The first-order valence-corrected chi connectivity index (χ1v) is 6.80. The molecule has 0 saturated carbocycles. The second kappa shape index (κ2) is 6.31. The van der Waals surface area contributed by atoms with Crippen LogP contribution < -0.4 is 15.8 Å². The number of benzene rings is 1. The number of nitrogens with one attached hydrogen (secondary N) is 1. The summed E-state index contributed by atoms with van der Waals surface area (Å²) in [5, 5.41) is 4.66. The first-order valence-electron chi connectivity index (χ1n) is 5.51. The van der Waals surface area contributed by atoms with Crippen molar-refractivity contribution in [3.63, 3.8) is 0 Å². The van der Waals surface area contributed by atoms with Crippen molar-refractivity contribution in [3.8, 4) is 5.75 Å². The second-order valence-electron chi connectivity index (χ2n) is 3.71. The minimum absolute atomic E-state index is 0.119. The molecule has 0 aliphatic heterocycles. The van der Waals surface area contributed by atoms with Crippen LogP contribution in [0.1, 0.15) is 9.67 Å². The van der Waals surface area contributed by atoms with E-state index >= 15 is 0 Å². The van der Waals surface area contributed by atoms with Crippen LogP contribution in [0.4, 0.5) is 5.69 Å². The summed E-state index contributed by atoms with van der Waals surface area (Å²) in [4.78, 5) is 12.8. The molecule has 6 heteroatoms. The lowest BCUT2D eigenvalue weighted by molar-refractivity contribution is 0.103. The maximum Gasteiger partial charge on any atom is 0.265 e. The summed E-state index contributed by atoms with van der Waals surface area (Å²) in [6, 6.07) is 10.7. The Kier molecular flexibility index (Phi) is 4.48. The molecule has 0 bridgehead atoms. The Balaban J connectivity index is 1.95. The van der Waals surface area contributed by atoms with Gasteiger partial charge in [0.2, 0.25) is 0 Å². The van der Waals surface area contributed by atoms with Crippen LogP contribution in [0.25, 0.3) is 0 Å². The smallest absolute Gasteiger partial charge is 0.265 e. The number of rotatable bonds is 5. The molecule has 2 aromatic rings. The van der Waals surface area contributed by atoms with Crippen LogP contribution in [-0.2, 0) is 0 Å². The predicted molar refractivity (Wildman–Crippen MR) is 81.0 cm³/mol. The van der Waals surface area contributed by atoms with Gasteiger partial charge in [-0.05, 0) is 35.7 Å². The number of amides is 1. The molecule has 1 aromatic carbocycles. The third kappa shape index (κ3) is 4.04. The van der Waals surface area contributed by atoms with E-state index in [4.69, 9.17) is 22.7 Å². The molecule has 1 heterocycles.